The minimum atomic E-state index is -0.570. The number of halogens is 1. The highest BCUT2D eigenvalue weighted by Crippen LogP contribution is 2.41. The summed E-state index contributed by atoms with van der Waals surface area (Å²) in [7, 11) is 3.11. The van der Waals surface area contributed by atoms with E-state index in [9.17, 15) is 4.79 Å². The van der Waals surface area contributed by atoms with Crippen LogP contribution in [0.1, 0.15) is 23.2 Å². The molecule has 0 radical (unpaired) electrons. The second-order valence-electron chi connectivity index (χ2n) is 5.09. The van der Waals surface area contributed by atoms with Crippen molar-refractivity contribution in [1.29, 1.82) is 0 Å². The van der Waals surface area contributed by atoms with Gasteiger partial charge >= 0.3 is 0 Å². The Balaban J connectivity index is 2.45. The van der Waals surface area contributed by atoms with Crippen LogP contribution in [-0.4, -0.2) is 39.8 Å². The molecule has 0 saturated carbocycles. The summed E-state index contributed by atoms with van der Waals surface area (Å²) in [5, 5.41) is 0. The molecule has 1 aliphatic heterocycles. The van der Waals surface area contributed by atoms with Crippen molar-refractivity contribution in [2.45, 2.75) is 12.8 Å². The molecule has 1 aliphatic rings. The smallest absolute Gasteiger partial charge is 0.174 e. The van der Waals surface area contributed by atoms with Crippen molar-refractivity contribution in [3.63, 3.8) is 0 Å². The molecule has 0 atom stereocenters. The van der Waals surface area contributed by atoms with Crippen molar-refractivity contribution in [3.05, 3.63) is 22.2 Å². The highest BCUT2D eigenvalue weighted by atomic mass is 79.9. The van der Waals surface area contributed by atoms with Crippen LogP contribution >= 0.6 is 15.9 Å². The monoisotopic (exact) mass is 357 g/mol. The number of ketones is 1. The van der Waals surface area contributed by atoms with E-state index in [-0.39, 0.29) is 5.78 Å². The van der Waals surface area contributed by atoms with E-state index in [2.05, 4.69) is 15.9 Å². The van der Waals surface area contributed by atoms with Crippen LogP contribution in [0.4, 0.5) is 0 Å². The fraction of sp³-hybridized carbons (Fsp3) is 0.533. The number of hydrogen-bond acceptors (Lipinski definition) is 5. The first kappa shape index (κ1) is 16.3. The maximum absolute atomic E-state index is 13.0. The number of rotatable bonds is 5. The van der Waals surface area contributed by atoms with Crippen LogP contribution in [0.2, 0.25) is 0 Å². The van der Waals surface area contributed by atoms with E-state index >= 15 is 0 Å². The fourth-order valence-electron chi connectivity index (χ4n) is 2.65. The maximum atomic E-state index is 13.0. The Morgan fingerprint density at radius 1 is 1.33 bits per heavy atom. The summed E-state index contributed by atoms with van der Waals surface area (Å²) >= 11 is 3.43. The largest absolute Gasteiger partial charge is 0.495 e. The van der Waals surface area contributed by atoms with Gasteiger partial charge in [0.1, 0.15) is 16.0 Å². The normalized spacial score (nSPS) is 17.3. The van der Waals surface area contributed by atoms with Gasteiger partial charge in [0, 0.05) is 19.8 Å². The first-order valence-electron chi connectivity index (χ1n) is 6.82. The van der Waals surface area contributed by atoms with Crippen LogP contribution in [0.3, 0.4) is 0 Å². The second kappa shape index (κ2) is 6.77. The Morgan fingerprint density at radius 3 is 2.52 bits per heavy atom. The molecule has 1 saturated heterocycles. The van der Waals surface area contributed by atoms with Gasteiger partial charge in [-0.1, -0.05) is 0 Å². The van der Waals surface area contributed by atoms with Crippen molar-refractivity contribution < 1.29 is 19.0 Å². The zero-order chi connectivity index (χ0) is 15.5. The summed E-state index contributed by atoms with van der Waals surface area (Å²) in [5.74, 6) is 1.12. The molecular weight excluding hydrogens is 338 g/mol. The van der Waals surface area contributed by atoms with E-state index < -0.39 is 5.41 Å². The standard InChI is InChI=1S/C15H20BrNO4/c1-19-11-4-3-10(13(20-2)12(11)16)14(18)15(9-17)5-7-21-8-6-15/h3-4H,5-9,17H2,1-2H3. The van der Waals surface area contributed by atoms with Crippen LogP contribution in [-0.2, 0) is 4.74 Å². The van der Waals surface area contributed by atoms with E-state index in [0.717, 1.165) is 0 Å². The molecule has 0 amide bonds. The Labute approximate surface area is 132 Å². The number of Topliss-reactive ketones (excluding diaryl/α,β-unsaturated/α-hetero) is 1. The van der Waals surface area contributed by atoms with E-state index in [0.29, 0.717) is 54.1 Å². The molecule has 2 rings (SSSR count). The Kier molecular flexibility index (Phi) is 5.24. The lowest BCUT2D eigenvalue weighted by molar-refractivity contribution is 0.0198. The molecule has 0 aromatic heterocycles. The van der Waals surface area contributed by atoms with Crippen molar-refractivity contribution in [3.8, 4) is 11.5 Å². The second-order valence-corrected chi connectivity index (χ2v) is 5.88. The molecule has 1 fully saturated rings. The van der Waals surface area contributed by atoms with Gasteiger partial charge in [-0.05, 0) is 40.9 Å². The minimum absolute atomic E-state index is 0.00787. The molecule has 6 heteroatoms. The minimum Gasteiger partial charge on any atom is -0.495 e. The lowest BCUT2D eigenvalue weighted by Crippen LogP contribution is -2.43. The van der Waals surface area contributed by atoms with Gasteiger partial charge in [-0.3, -0.25) is 4.79 Å². The van der Waals surface area contributed by atoms with Crippen LogP contribution in [0.25, 0.3) is 0 Å². The lowest BCUT2D eigenvalue weighted by Gasteiger charge is -2.35. The average molecular weight is 358 g/mol. The van der Waals surface area contributed by atoms with E-state index in [1.54, 1.807) is 19.2 Å². The zero-order valence-electron chi connectivity index (χ0n) is 12.3. The van der Waals surface area contributed by atoms with Crippen LogP contribution < -0.4 is 15.2 Å². The van der Waals surface area contributed by atoms with Gasteiger partial charge in [-0.15, -0.1) is 0 Å². The van der Waals surface area contributed by atoms with Crippen LogP contribution in [0.15, 0.2) is 16.6 Å². The molecule has 1 aromatic rings. The van der Waals surface area contributed by atoms with Gasteiger partial charge in [0.05, 0.1) is 25.2 Å². The quantitative estimate of drug-likeness (QED) is 0.819. The molecule has 116 valence electrons. The molecule has 21 heavy (non-hydrogen) atoms. The summed E-state index contributed by atoms with van der Waals surface area (Å²) in [5.41, 5.74) is 5.86. The lowest BCUT2D eigenvalue weighted by atomic mass is 9.74. The number of hydrogen-bond donors (Lipinski definition) is 1. The van der Waals surface area contributed by atoms with Gasteiger partial charge in [0.15, 0.2) is 5.78 Å². The summed E-state index contributed by atoms with van der Waals surface area (Å²) in [6.07, 6.45) is 1.27. The number of ether oxygens (including phenoxy) is 3. The van der Waals surface area contributed by atoms with E-state index in [4.69, 9.17) is 19.9 Å². The van der Waals surface area contributed by atoms with Crippen LogP contribution in [0.5, 0.6) is 11.5 Å². The first-order valence-corrected chi connectivity index (χ1v) is 7.62. The SMILES string of the molecule is COc1ccc(C(=O)C2(CN)CCOCC2)c(OC)c1Br. The first-order chi connectivity index (χ1) is 10.1. The van der Waals surface area contributed by atoms with Gasteiger partial charge < -0.3 is 19.9 Å². The van der Waals surface area contributed by atoms with Gasteiger partial charge in [-0.2, -0.15) is 0 Å². The number of nitrogens with two attached hydrogens (primary N) is 1. The molecule has 5 nitrogen and oxygen atoms in total. The predicted molar refractivity (Wildman–Crippen MR) is 83.1 cm³/mol. The molecule has 0 bridgehead atoms. The maximum Gasteiger partial charge on any atom is 0.174 e. The van der Waals surface area contributed by atoms with Gasteiger partial charge in [0.25, 0.3) is 0 Å². The van der Waals surface area contributed by atoms with E-state index in [1.165, 1.54) is 7.11 Å². The topological polar surface area (TPSA) is 70.8 Å². The molecule has 0 unspecified atom stereocenters. The van der Waals surface area contributed by atoms with Crippen LogP contribution in [0, 0.1) is 5.41 Å². The number of methoxy groups -OCH3 is 2. The summed E-state index contributed by atoms with van der Waals surface area (Å²) in [6.45, 7) is 1.42. The Morgan fingerprint density at radius 2 is 2.00 bits per heavy atom. The summed E-state index contributed by atoms with van der Waals surface area (Å²) in [6, 6.07) is 3.49. The van der Waals surface area contributed by atoms with Crippen molar-refractivity contribution in [2.24, 2.45) is 11.1 Å². The van der Waals surface area contributed by atoms with E-state index in [1.807, 2.05) is 0 Å². The third-order valence-electron chi connectivity index (χ3n) is 4.05. The molecule has 2 N–H and O–H groups in total. The molecule has 1 aromatic carbocycles. The average Bonchev–Trinajstić information content (AvgIpc) is 2.54. The third kappa shape index (κ3) is 2.93. The Bertz CT molecular complexity index is 527. The molecule has 0 spiro atoms. The van der Waals surface area contributed by atoms with Gasteiger partial charge in [0.2, 0.25) is 0 Å². The molecular formula is C15H20BrNO4. The highest BCUT2D eigenvalue weighted by molar-refractivity contribution is 9.10. The molecule has 1 heterocycles. The fourth-order valence-corrected chi connectivity index (χ4v) is 3.32. The highest BCUT2D eigenvalue weighted by Gasteiger charge is 2.40. The zero-order valence-corrected chi connectivity index (χ0v) is 13.9. The van der Waals surface area contributed by atoms with Crippen molar-refractivity contribution in [1.82, 2.24) is 0 Å². The number of benzene rings is 1. The van der Waals surface area contributed by atoms with Crippen molar-refractivity contribution >= 4 is 21.7 Å². The number of carbonyl (C=O) groups excluding carboxylic acids is 1. The van der Waals surface area contributed by atoms with Crippen molar-refractivity contribution in [2.75, 3.05) is 34.0 Å². The molecule has 0 aliphatic carbocycles. The van der Waals surface area contributed by atoms with Gasteiger partial charge in [-0.25, -0.2) is 0 Å². The Hall–Kier alpha value is -1.11. The number of carbonyl (C=O) groups is 1. The summed E-state index contributed by atoms with van der Waals surface area (Å²) in [4.78, 5) is 13.0. The summed E-state index contributed by atoms with van der Waals surface area (Å²) < 4.78 is 16.6. The predicted octanol–water partition coefficient (Wildman–Crippen LogP) is 2.40. The third-order valence-corrected chi connectivity index (χ3v) is 4.80.